The zero-order valence-electron chi connectivity index (χ0n) is 22.9. The van der Waals surface area contributed by atoms with Crippen molar-refractivity contribution in [2.24, 2.45) is 0 Å². The molecule has 8 nitrogen and oxygen atoms in total. The molecule has 2 aliphatic rings. The van der Waals surface area contributed by atoms with E-state index in [0.717, 1.165) is 72.3 Å². The predicted octanol–water partition coefficient (Wildman–Crippen LogP) is 5.70. The molecule has 0 saturated carbocycles. The summed E-state index contributed by atoms with van der Waals surface area (Å²) in [6.07, 6.45) is 9.14. The number of imidazole rings is 1. The molecule has 1 saturated heterocycles. The number of benzene rings is 1. The Morgan fingerprint density at radius 2 is 2.00 bits per heavy atom. The van der Waals surface area contributed by atoms with E-state index >= 15 is 0 Å². The van der Waals surface area contributed by atoms with Crippen LogP contribution in [0.2, 0.25) is 0 Å². The number of thiophene rings is 1. The molecule has 3 aromatic heterocycles. The molecule has 0 unspecified atom stereocenters. The highest BCUT2D eigenvalue weighted by Gasteiger charge is 2.28. The fraction of sp³-hybridized carbons (Fsp3) is 0.312. The molecule has 2 N–H and O–H groups in total. The molecular weight excluding hydrogens is 534 g/mol. The second-order valence-corrected chi connectivity index (χ2v) is 11.6. The van der Waals surface area contributed by atoms with Gasteiger partial charge in [-0.05, 0) is 68.7 Å². The summed E-state index contributed by atoms with van der Waals surface area (Å²) in [4.78, 5) is 33.0. The van der Waals surface area contributed by atoms with Crippen molar-refractivity contribution in [2.45, 2.75) is 51.6 Å². The van der Waals surface area contributed by atoms with E-state index in [-0.39, 0.29) is 17.6 Å². The van der Waals surface area contributed by atoms with Crippen LogP contribution in [-0.2, 0) is 22.4 Å². The Kier molecular flexibility index (Phi) is 7.68. The van der Waals surface area contributed by atoms with Gasteiger partial charge in [0.05, 0.1) is 23.1 Å². The van der Waals surface area contributed by atoms with Crippen molar-refractivity contribution in [1.82, 2.24) is 14.7 Å². The smallest absolute Gasteiger partial charge is 0.267 e. The van der Waals surface area contributed by atoms with E-state index in [1.54, 1.807) is 6.08 Å². The molecule has 208 valence electrons. The first-order valence-corrected chi connectivity index (χ1v) is 14.9. The Hall–Kier alpha value is -4.26. The second-order valence-electron chi connectivity index (χ2n) is 10.5. The van der Waals surface area contributed by atoms with Gasteiger partial charge in [0, 0.05) is 29.8 Å². The highest BCUT2D eigenvalue weighted by molar-refractivity contribution is 7.17. The fourth-order valence-electron chi connectivity index (χ4n) is 5.62. The molecule has 0 spiro atoms. The number of ether oxygens (including phenoxy) is 1. The lowest BCUT2D eigenvalue weighted by Gasteiger charge is -2.15. The van der Waals surface area contributed by atoms with E-state index in [1.807, 2.05) is 60.0 Å². The molecule has 4 aromatic rings. The first kappa shape index (κ1) is 26.9. The number of rotatable bonds is 7. The molecule has 1 aliphatic heterocycles. The Morgan fingerprint density at radius 1 is 1.17 bits per heavy atom. The molecule has 1 aliphatic carbocycles. The molecule has 2 amide bonds. The topological polar surface area (TPSA) is 109 Å². The maximum absolute atomic E-state index is 13.6. The van der Waals surface area contributed by atoms with E-state index < -0.39 is 5.91 Å². The van der Waals surface area contributed by atoms with Gasteiger partial charge in [0.25, 0.3) is 11.8 Å². The molecule has 9 heteroatoms. The highest BCUT2D eigenvalue weighted by atomic mass is 32.1. The minimum atomic E-state index is -0.555. The average Bonchev–Trinajstić information content (AvgIpc) is 3.73. The van der Waals surface area contributed by atoms with Crippen molar-refractivity contribution in [3.63, 3.8) is 0 Å². The van der Waals surface area contributed by atoms with E-state index in [0.29, 0.717) is 28.5 Å². The van der Waals surface area contributed by atoms with Crippen LogP contribution in [0.15, 0.2) is 54.2 Å². The summed E-state index contributed by atoms with van der Waals surface area (Å²) < 4.78 is 7.57. The van der Waals surface area contributed by atoms with E-state index in [9.17, 15) is 14.9 Å². The van der Waals surface area contributed by atoms with Crippen molar-refractivity contribution in [3.05, 3.63) is 81.5 Å². The van der Waals surface area contributed by atoms with Gasteiger partial charge in [-0.3, -0.25) is 14.0 Å². The number of hydrogen-bond acceptors (Lipinski definition) is 6. The van der Waals surface area contributed by atoms with Crippen LogP contribution in [0.25, 0.3) is 23.0 Å². The minimum Gasteiger partial charge on any atom is -0.376 e. The molecule has 4 heterocycles. The van der Waals surface area contributed by atoms with Crippen molar-refractivity contribution >= 4 is 39.9 Å². The number of amides is 2. The zero-order chi connectivity index (χ0) is 28.3. The van der Waals surface area contributed by atoms with Crippen molar-refractivity contribution in [1.29, 1.82) is 5.26 Å². The van der Waals surface area contributed by atoms with Crippen LogP contribution in [0, 0.1) is 18.3 Å². The fourth-order valence-corrected chi connectivity index (χ4v) is 6.90. The van der Waals surface area contributed by atoms with Gasteiger partial charge in [-0.2, -0.15) is 5.26 Å². The maximum Gasteiger partial charge on any atom is 0.267 e. The van der Waals surface area contributed by atoms with E-state index in [2.05, 4.69) is 16.7 Å². The average molecular weight is 566 g/mol. The monoisotopic (exact) mass is 565 g/mol. The standard InChI is InChI=1S/C32H31N5O3S/c1-20-9-7-15-37-25(28(35-29(20)37)21-10-3-2-4-11-21)17-22(18-33)30(38)36-32-27(24-13-5-6-14-26(24)41-32)31(39)34-19-23-12-8-16-40-23/h2-4,7,9-11,15,17,23H,5-6,8,12-14,16,19H2,1H3,(H,34,39)(H,36,38)/b22-17+/t23-/m0/s1. The normalized spacial score (nSPS) is 16.8. The summed E-state index contributed by atoms with van der Waals surface area (Å²) in [5.41, 5.74) is 5.40. The van der Waals surface area contributed by atoms with Crippen LogP contribution < -0.4 is 10.6 Å². The molecule has 1 fully saturated rings. The van der Waals surface area contributed by atoms with Crippen LogP contribution in [-0.4, -0.2) is 40.5 Å². The number of carbonyl (C=O) groups excluding carboxylic acids is 2. The summed E-state index contributed by atoms with van der Waals surface area (Å²) in [5, 5.41) is 16.5. The van der Waals surface area contributed by atoms with E-state index in [1.165, 1.54) is 11.3 Å². The first-order chi connectivity index (χ1) is 20.0. The Bertz CT molecular complexity index is 1690. The van der Waals surface area contributed by atoms with Gasteiger partial charge < -0.3 is 15.4 Å². The number of pyridine rings is 1. The van der Waals surface area contributed by atoms with Crippen molar-refractivity contribution < 1.29 is 14.3 Å². The summed E-state index contributed by atoms with van der Waals surface area (Å²) >= 11 is 1.44. The highest BCUT2D eigenvalue weighted by Crippen LogP contribution is 2.38. The second kappa shape index (κ2) is 11.7. The quantitative estimate of drug-likeness (QED) is 0.221. The van der Waals surface area contributed by atoms with Gasteiger partial charge in [0.15, 0.2) is 0 Å². The largest absolute Gasteiger partial charge is 0.376 e. The minimum absolute atomic E-state index is 0.0208. The number of fused-ring (bicyclic) bond motifs is 2. The van der Waals surface area contributed by atoms with Crippen molar-refractivity contribution in [3.8, 4) is 17.3 Å². The maximum atomic E-state index is 13.6. The van der Waals surface area contributed by atoms with Gasteiger partial charge in [0.2, 0.25) is 0 Å². The Labute approximate surface area is 242 Å². The predicted molar refractivity (Wildman–Crippen MR) is 160 cm³/mol. The number of nitrogens with zero attached hydrogens (tertiary/aromatic N) is 3. The molecule has 41 heavy (non-hydrogen) atoms. The van der Waals surface area contributed by atoms with Gasteiger partial charge in [-0.1, -0.05) is 36.4 Å². The third-order valence-corrected chi connectivity index (χ3v) is 8.92. The number of carbonyl (C=O) groups is 2. The SMILES string of the molecule is Cc1cccn2c(/C=C(\C#N)C(=O)Nc3sc4c(c3C(=O)NC[C@@H]3CCCO3)CCCC4)c(-c3ccccc3)nc12. The lowest BCUT2D eigenvalue weighted by Crippen LogP contribution is -2.32. The van der Waals surface area contributed by atoms with Crippen LogP contribution in [0.1, 0.15) is 57.7 Å². The van der Waals surface area contributed by atoms with Crippen LogP contribution >= 0.6 is 11.3 Å². The summed E-state index contributed by atoms with van der Waals surface area (Å²) in [5.74, 6) is -0.762. The first-order valence-electron chi connectivity index (χ1n) is 14.0. The van der Waals surface area contributed by atoms with E-state index in [4.69, 9.17) is 9.72 Å². The third-order valence-electron chi connectivity index (χ3n) is 7.72. The Morgan fingerprint density at radius 3 is 2.78 bits per heavy atom. The van der Waals surface area contributed by atoms with Gasteiger partial charge in [0.1, 0.15) is 22.3 Å². The molecule has 1 atom stereocenters. The Balaban J connectivity index is 1.34. The molecule has 1 aromatic carbocycles. The molecule has 0 bridgehead atoms. The number of anilines is 1. The summed E-state index contributed by atoms with van der Waals surface area (Å²) in [6, 6.07) is 15.7. The number of aromatic nitrogens is 2. The van der Waals surface area contributed by atoms with Crippen molar-refractivity contribution in [2.75, 3.05) is 18.5 Å². The number of aryl methyl sites for hydroxylation is 2. The number of nitrogens with one attached hydrogen (secondary N) is 2. The molecular formula is C32H31N5O3S. The zero-order valence-corrected chi connectivity index (χ0v) is 23.7. The van der Waals surface area contributed by atoms with Crippen LogP contribution in [0.4, 0.5) is 5.00 Å². The lowest BCUT2D eigenvalue weighted by molar-refractivity contribution is -0.112. The van der Waals surface area contributed by atoms with Gasteiger partial charge >= 0.3 is 0 Å². The number of hydrogen-bond donors (Lipinski definition) is 2. The summed E-state index contributed by atoms with van der Waals surface area (Å²) in [6.45, 7) is 3.14. The third kappa shape index (κ3) is 5.41. The molecule has 6 rings (SSSR count). The van der Waals surface area contributed by atoms with Crippen LogP contribution in [0.5, 0.6) is 0 Å². The number of nitriles is 1. The van der Waals surface area contributed by atoms with Gasteiger partial charge in [-0.15, -0.1) is 11.3 Å². The van der Waals surface area contributed by atoms with Gasteiger partial charge in [-0.25, -0.2) is 4.98 Å². The van der Waals surface area contributed by atoms with Crippen LogP contribution in [0.3, 0.4) is 0 Å². The summed E-state index contributed by atoms with van der Waals surface area (Å²) in [7, 11) is 0. The lowest BCUT2D eigenvalue weighted by atomic mass is 9.95. The molecule has 0 radical (unpaired) electrons.